The van der Waals surface area contributed by atoms with Crippen molar-refractivity contribution in [1.29, 1.82) is 0 Å². The van der Waals surface area contributed by atoms with E-state index in [4.69, 9.17) is 10.2 Å². The van der Waals surface area contributed by atoms with Crippen LogP contribution in [0.15, 0.2) is 0 Å². The fourth-order valence-electron chi connectivity index (χ4n) is 0.289. The van der Waals surface area contributed by atoms with E-state index < -0.39 is 0 Å². The van der Waals surface area contributed by atoms with Gasteiger partial charge in [0.05, 0.1) is 13.2 Å². The second-order valence-electron chi connectivity index (χ2n) is 1.30. The van der Waals surface area contributed by atoms with E-state index in [0.717, 1.165) is 0 Å². The Bertz CT molecular complexity index is 78.4. The fourth-order valence-corrected chi connectivity index (χ4v) is 0.289. The summed E-state index contributed by atoms with van der Waals surface area (Å²) in [6.45, 7) is 0.219. The third kappa shape index (κ3) is 5.48. The third-order valence-electron chi connectivity index (χ3n) is 0.599. The first-order chi connectivity index (χ1) is 3.91. The van der Waals surface area contributed by atoms with Crippen LogP contribution in [0.4, 0.5) is 0 Å². The normalized spacial score (nSPS) is 7.75. The van der Waals surface area contributed by atoms with Crippen molar-refractivity contribution in [2.24, 2.45) is 0 Å². The predicted octanol–water partition coefficient (Wildman–Crippen LogP) is -0.245. The van der Waals surface area contributed by atoms with E-state index in [1.54, 1.807) is 0 Å². The maximum Gasteiger partial charge on any atom is 0.0540 e. The largest absolute Gasteiger partial charge is 0.395 e. The van der Waals surface area contributed by atoms with Crippen molar-refractivity contribution in [2.75, 3.05) is 13.2 Å². The van der Waals surface area contributed by atoms with Gasteiger partial charge in [0.2, 0.25) is 0 Å². The predicted molar refractivity (Wildman–Crippen MR) is 31.2 cm³/mol. The highest BCUT2D eigenvalue weighted by atomic mass is 16.3. The van der Waals surface area contributed by atoms with Gasteiger partial charge in [0.15, 0.2) is 0 Å². The van der Waals surface area contributed by atoms with Crippen LogP contribution in [-0.4, -0.2) is 23.4 Å². The molecule has 2 N–H and O–H groups in total. The van der Waals surface area contributed by atoms with Crippen LogP contribution in [0.2, 0.25) is 0 Å². The van der Waals surface area contributed by atoms with Crippen LogP contribution in [0.1, 0.15) is 12.8 Å². The minimum Gasteiger partial charge on any atom is -0.395 e. The summed E-state index contributed by atoms with van der Waals surface area (Å²) in [5.74, 6) is 5.35. The van der Waals surface area contributed by atoms with E-state index in [0.29, 0.717) is 12.8 Å². The van der Waals surface area contributed by atoms with Gasteiger partial charge in [0, 0.05) is 12.8 Å². The molecule has 0 saturated carbocycles. The van der Waals surface area contributed by atoms with Crippen molar-refractivity contribution < 1.29 is 10.2 Å². The Morgan fingerprint density at radius 1 is 0.875 bits per heavy atom. The molecule has 0 radical (unpaired) electrons. The van der Waals surface area contributed by atoms with E-state index in [1.807, 2.05) is 0 Å². The van der Waals surface area contributed by atoms with Gasteiger partial charge in [-0.25, -0.2) is 0 Å². The van der Waals surface area contributed by atoms with Crippen LogP contribution in [0.5, 0.6) is 0 Å². The van der Waals surface area contributed by atoms with Gasteiger partial charge in [-0.15, -0.1) is 11.8 Å². The molecule has 0 aliphatic heterocycles. The van der Waals surface area contributed by atoms with Crippen LogP contribution in [-0.2, 0) is 0 Å². The molecule has 46 valence electrons. The van der Waals surface area contributed by atoms with E-state index >= 15 is 0 Å². The first-order valence-electron chi connectivity index (χ1n) is 2.59. The molecular weight excluding hydrogens is 104 g/mol. The van der Waals surface area contributed by atoms with Crippen LogP contribution in [0.25, 0.3) is 0 Å². The van der Waals surface area contributed by atoms with Gasteiger partial charge in [0.25, 0.3) is 0 Å². The standard InChI is InChI=1S/C6H10O2/c7-5-3-1-2-4-6-8/h7-8H,3-6H2. The van der Waals surface area contributed by atoms with Crippen molar-refractivity contribution >= 4 is 0 Å². The third-order valence-corrected chi connectivity index (χ3v) is 0.599. The van der Waals surface area contributed by atoms with Crippen LogP contribution in [0, 0.1) is 11.8 Å². The summed E-state index contributed by atoms with van der Waals surface area (Å²) in [4.78, 5) is 0. The van der Waals surface area contributed by atoms with Crippen molar-refractivity contribution in [3.05, 3.63) is 0 Å². The molecule has 0 aromatic heterocycles. The Morgan fingerprint density at radius 3 is 1.50 bits per heavy atom. The van der Waals surface area contributed by atoms with Gasteiger partial charge < -0.3 is 10.2 Å². The highest BCUT2D eigenvalue weighted by Crippen LogP contribution is 1.73. The molecule has 0 fully saturated rings. The minimum absolute atomic E-state index is 0.110. The monoisotopic (exact) mass is 114 g/mol. The molecule has 0 amide bonds. The summed E-state index contributed by atoms with van der Waals surface area (Å²) in [7, 11) is 0. The summed E-state index contributed by atoms with van der Waals surface area (Å²) < 4.78 is 0. The first kappa shape index (κ1) is 7.48. The van der Waals surface area contributed by atoms with Crippen LogP contribution < -0.4 is 0 Å². The maximum absolute atomic E-state index is 8.20. The minimum atomic E-state index is 0.110. The van der Waals surface area contributed by atoms with E-state index in [2.05, 4.69) is 11.8 Å². The smallest absolute Gasteiger partial charge is 0.0540 e. The lowest BCUT2D eigenvalue weighted by molar-refractivity contribution is 0.302. The molecule has 8 heavy (non-hydrogen) atoms. The van der Waals surface area contributed by atoms with Gasteiger partial charge >= 0.3 is 0 Å². The summed E-state index contributed by atoms with van der Waals surface area (Å²) in [6, 6.07) is 0. The topological polar surface area (TPSA) is 40.5 Å². The number of aliphatic hydroxyl groups excluding tert-OH is 2. The highest BCUT2D eigenvalue weighted by molar-refractivity contribution is 4.98. The van der Waals surface area contributed by atoms with E-state index in [9.17, 15) is 0 Å². The molecule has 2 heteroatoms. The van der Waals surface area contributed by atoms with E-state index in [-0.39, 0.29) is 13.2 Å². The number of hydrogen-bond acceptors (Lipinski definition) is 2. The van der Waals surface area contributed by atoms with Crippen molar-refractivity contribution in [2.45, 2.75) is 12.8 Å². The summed E-state index contributed by atoms with van der Waals surface area (Å²) in [5, 5.41) is 16.4. The molecule has 0 aliphatic carbocycles. The molecule has 0 rings (SSSR count). The summed E-state index contributed by atoms with van der Waals surface area (Å²) >= 11 is 0. The SMILES string of the molecule is OCCC#CCCO. The van der Waals surface area contributed by atoms with Crippen molar-refractivity contribution in [3.8, 4) is 11.8 Å². The molecule has 0 bridgehead atoms. The molecule has 2 nitrogen and oxygen atoms in total. The zero-order chi connectivity index (χ0) is 6.24. The van der Waals surface area contributed by atoms with Gasteiger partial charge in [-0.3, -0.25) is 0 Å². The van der Waals surface area contributed by atoms with Crippen molar-refractivity contribution in [3.63, 3.8) is 0 Å². The molecule has 0 aromatic rings. The second kappa shape index (κ2) is 6.48. The maximum atomic E-state index is 8.20. The van der Waals surface area contributed by atoms with Gasteiger partial charge in [-0.05, 0) is 0 Å². The molecule has 0 heterocycles. The van der Waals surface area contributed by atoms with Gasteiger partial charge in [-0.1, -0.05) is 0 Å². The zero-order valence-corrected chi connectivity index (χ0v) is 4.72. The van der Waals surface area contributed by atoms with Crippen molar-refractivity contribution in [1.82, 2.24) is 0 Å². The lowest BCUT2D eigenvalue weighted by Crippen LogP contribution is -1.78. The summed E-state index contributed by atoms with van der Waals surface area (Å²) in [5.41, 5.74) is 0. The average molecular weight is 114 g/mol. The quantitative estimate of drug-likeness (QED) is 0.486. The highest BCUT2D eigenvalue weighted by Gasteiger charge is 1.71. The van der Waals surface area contributed by atoms with Crippen LogP contribution >= 0.6 is 0 Å². The molecule has 0 unspecified atom stereocenters. The molecular formula is C6H10O2. The second-order valence-corrected chi connectivity index (χ2v) is 1.30. The average Bonchev–Trinajstić information content (AvgIpc) is 1.81. The molecule has 0 spiro atoms. The lowest BCUT2D eigenvalue weighted by Gasteiger charge is -1.78. The Balaban J connectivity index is 2.95. The fraction of sp³-hybridized carbons (Fsp3) is 0.667. The lowest BCUT2D eigenvalue weighted by atomic mass is 10.4. The summed E-state index contributed by atoms with van der Waals surface area (Å²) in [6.07, 6.45) is 1.03. The van der Waals surface area contributed by atoms with E-state index in [1.165, 1.54) is 0 Å². The number of hydrogen-bond donors (Lipinski definition) is 2. The zero-order valence-electron chi connectivity index (χ0n) is 4.72. The Labute approximate surface area is 49.2 Å². The Hall–Kier alpha value is -0.520. The van der Waals surface area contributed by atoms with Crippen LogP contribution in [0.3, 0.4) is 0 Å². The number of rotatable bonds is 2. The molecule has 0 aromatic carbocycles. The first-order valence-corrected chi connectivity index (χ1v) is 2.59. The van der Waals surface area contributed by atoms with Gasteiger partial charge in [0.1, 0.15) is 0 Å². The molecule has 0 atom stereocenters. The Morgan fingerprint density at radius 2 is 1.25 bits per heavy atom. The molecule has 0 saturated heterocycles. The number of aliphatic hydroxyl groups is 2. The molecule has 0 aliphatic rings. The Kier molecular flexibility index (Phi) is 6.06. The van der Waals surface area contributed by atoms with Gasteiger partial charge in [-0.2, -0.15) is 0 Å².